The second kappa shape index (κ2) is 10.4. The molecule has 0 aliphatic carbocycles. The fraction of sp³-hybridized carbons (Fsp3) is 0.947. The first kappa shape index (κ1) is 25.8. The molecule has 0 spiro atoms. The van der Waals surface area contributed by atoms with Crippen molar-refractivity contribution in [3.8, 4) is 0 Å². The summed E-state index contributed by atoms with van der Waals surface area (Å²) in [5.74, 6) is -0.473. The number of carbonyl (C=O) groups excluding carboxylic acids is 1. The zero-order valence-corrected chi connectivity index (χ0v) is 20.9. The van der Waals surface area contributed by atoms with E-state index in [2.05, 4.69) is 48.5 Å². The molecule has 0 N–H and O–H groups in total. The summed E-state index contributed by atoms with van der Waals surface area (Å²) in [6, 6.07) is 0.422. The van der Waals surface area contributed by atoms with Crippen molar-refractivity contribution in [3.05, 3.63) is 0 Å². The van der Waals surface area contributed by atoms with Crippen LogP contribution in [0.4, 0.5) is 0 Å². The van der Waals surface area contributed by atoms with Crippen LogP contribution in [0, 0.1) is 5.92 Å². The van der Waals surface area contributed by atoms with Crippen LogP contribution >= 0.6 is 0 Å². The Labute approximate surface area is 163 Å². The Morgan fingerprint density at radius 1 is 0.885 bits per heavy atom. The predicted molar refractivity (Wildman–Crippen MR) is 112 cm³/mol. The summed E-state index contributed by atoms with van der Waals surface area (Å²) in [6.07, 6.45) is 2.03. The van der Waals surface area contributed by atoms with Crippen molar-refractivity contribution in [2.75, 3.05) is 21.3 Å². The minimum Gasteiger partial charge on any atom is -0.518 e. The van der Waals surface area contributed by atoms with Gasteiger partial charge in [-0.05, 0) is 16.1 Å². The third-order valence-electron chi connectivity index (χ3n) is 6.02. The Morgan fingerprint density at radius 2 is 1.27 bits per heavy atom. The highest BCUT2D eigenvalue weighted by Crippen LogP contribution is 2.53. The molecule has 0 heterocycles. The maximum atomic E-state index is 13.1. The highest BCUT2D eigenvalue weighted by atomic mass is 28.4. The lowest BCUT2D eigenvalue weighted by atomic mass is 10.2. The number of carbonyl (C=O) groups is 1. The molecule has 0 saturated carbocycles. The summed E-state index contributed by atoms with van der Waals surface area (Å²) < 4.78 is 23.0. The molecule has 3 unspecified atom stereocenters. The van der Waals surface area contributed by atoms with Crippen molar-refractivity contribution in [1.82, 2.24) is 0 Å². The molecule has 0 aromatic heterocycles. The van der Waals surface area contributed by atoms with Gasteiger partial charge in [-0.2, -0.15) is 0 Å². The summed E-state index contributed by atoms with van der Waals surface area (Å²) in [6.45, 7) is 17.5. The normalized spacial score (nSPS) is 18.7. The third-order valence-corrected chi connectivity index (χ3v) is 15.6. The summed E-state index contributed by atoms with van der Waals surface area (Å²) >= 11 is 0. The van der Waals surface area contributed by atoms with Crippen LogP contribution in [-0.2, 0) is 22.5 Å². The SMILES string of the molecule is CCC(C)[Si](OC(=O)C(C)C[Si](OC)(OC)OC)(C(C)CC)C(C)(C)C. The van der Waals surface area contributed by atoms with Gasteiger partial charge in [0, 0.05) is 27.4 Å². The molecule has 0 rings (SSSR count). The van der Waals surface area contributed by atoms with Crippen molar-refractivity contribution in [2.45, 2.75) is 90.4 Å². The van der Waals surface area contributed by atoms with Crippen molar-refractivity contribution in [2.24, 2.45) is 5.92 Å². The van der Waals surface area contributed by atoms with Crippen LogP contribution in [0.2, 0.25) is 22.2 Å². The van der Waals surface area contributed by atoms with Crippen molar-refractivity contribution >= 4 is 23.1 Å². The van der Waals surface area contributed by atoms with E-state index in [9.17, 15) is 4.79 Å². The van der Waals surface area contributed by atoms with Crippen LogP contribution in [0.3, 0.4) is 0 Å². The lowest BCUT2D eigenvalue weighted by Crippen LogP contribution is -2.56. The van der Waals surface area contributed by atoms with E-state index in [-0.39, 0.29) is 16.9 Å². The van der Waals surface area contributed by atoms with Crippen molar-refractivity contribution < 1.29 is 22.5 Å². The lowest BCUT2D eigenvalue weighted by molar-refractivity contribution is -0.139. The topological polar surface area (TPSA) is 54.0 Å². The van der Waals surface area contributed by atoms with Gasteiger partial charge in [-0.1, -0.05) is 68.2 Å². The maximum Gasteiger partial charge on any atom is 0.501 e. The quantitative estimate of drug-likeness (QED) is 0.431. The van der Waals surface area contributed by atoms with Crippen LogP contribution in [0.5, 0.6) is 0 Å². The molecule has 0 aliphatic heterocycles. The second-order valence-corrected chi connectivity index (χ2v) is 16.7. The van der Waals surface area contributed by atoms with Gasteiger partial charge < -0.3 is 17.7 Å². The van der Waals surface area contributed by atoms with Crippen LogP contribution in [-0.4, -0.2) is 44.4 Å². The molecule has 0 saturated heterocycles. The highest BCUT2D eigenvalue weighted by Gasteiger charge is 2.56. The molecule has 0 aliphatic rings. The molecule has 0 aromatic rings. The lowest BCUT2D eigenvalue weighted by Gasteiger charge is -2.49. The third kappa shape index (κ3) is 5.41. The molecular formula is C19H42O5Si2. The molecule has 5 nitrogen and oxygen atoms in total. The van der Waals surface area contributed by atoms with E-state index in [1.807, 2.05) is 6.92 Å². The molecule has 0 amide bonds. The molecule has 26 heavy (non-hydrogen) atoms. The summed E-state index contributed by atoms with van der Waals surface area (Å²) in [5.41, 5.74) is 0.783. The maximum absolute atomic E-state index is 13.1. The van der Waals surface area contributed by atoms with E-state index in [1.54, 1.807) is 21.3 Å². The largest absolute Gasteiger partial charge is 0.518 e. The van der Waals surface area contributed by atoms with E-state index in [4.69, 9.17) is 17.7 Å². The fourth-order valence-electron chi connectivity index (χ4n) is 4.15. The van der Waals surface area contributed by atoms with Crippen LogP contribution in [0.15, 0.2) is 0 Å². The highest BCUT2D eigenvalue weighted by molar-refractivity contribution is 6.80. The van der Waals surface area contributed by atoms with E-state index < -0.39 is 17.1 Å². The van der Waals surface area contributed by atoms with Gasteiger partial charge in [0.2, 0.25) is 0 Å². The second-order valence-electron chi connectivity index (χ2n) is 8.48. The molecule has 156 valence electrons. The van der Waals surface area contributed by atoms with Gasteiger partial charge >= 0.3 is 8.80 Å². The first-order valence-corrected chi connectivity index (χ1v) is 13.8. The van der Waals surface area contributed by atoms with E-state index >= 15 is 0 Å². The van der Waals surface area contributed by atoms with E-state index in [0.29, 0.717) is 17.1 Å². The first-order valence-electron chi connectivity index (χ1n) is 9.79. The van der Waals surface area contributed by atoms with Crippen LogP contribution in [0.25, 0.3) is 0 Å². The van der Waals surface area contributed by atoms with Crippen LogP contribution < -0.4 is 0 Å². The predicted octanol–water partition coefficient (Wildman–Crippen LogP) is 5.39. The smallest absolute Gasteiger partial charge is 0.501 e. The van der Waals surface area contributed by atoms with Crippen molar-refractivity contribution in [3.63, 3.8) is 0 Å². The zero-order chi connectivity index (χ0) is 20.8. The van der Waals surface area contributed by atoms with Gasteiger partial charge in [-0.15, -0.1) is 0 Å². The number of hydrogen-bond acceptors (Lipinski definition) is 5. The average Bonchev–Trinajstić information content (AvgIpc) is 2.61. The van der Waals surface area contributed by atoms with Gasteiger partial charge in [-0.25, -0.2) is 0 Å². The Balaban J connectivity index is 5.74. The van der Waals surface area contributed by atoms with Gasteiger partial charge in [-0.3, -0.25) is 4.79 Å². The summed E-state index contributed by atoms with van der Waals surface area (Å²) in [5, 5.41) is -0.0362. The molecule has 7 heteroatoms. The number of hydrogen-bond donors (Lipinski definition) is 0. The van der Waals surface area contributed by atoms with Crippen LogP contribution in [0.1, 0.15) is 68.2 Å². The standard InChI is InChI=1S/C19H42O5Si2/c1-12-16(4)26(17(5)13-2,19(6,7)8)24-18(20)15(3)14-25(21-9,22-10)23-11/h15-17H,12-14H2,1-11H3. The number of rotatable bonds is 11. The van der Waals surface area contributed by atoms with Gasteiger partial charge in [0.15, 0.2) is 0 Å². The summed E-state index contributed by atoms with van der Waals surface area (Å²) in [7, 11) is -0.494. The molecule has 0 aromatic carbocycles. The van der Waals surface area contributed by atoms with Gasteiger partial charge in [0.1, 0.15) is 0 Å². The average molecular weight is 407 g/mol. The molecule has 0 bridgehead atoms. The Morgan fingerprint density at radius 3 is 1.54 bits per heavy atom. The minimum absolute atomic E-state index is 0.0362. The Hall–Kier alpha value is -0.216. The van der Waals surface area contributed by atoms with Gasteiger partial charge in [0.25, 0.3) is 14.3 Å². The minimum atomic E-state index is -2.82. The Kier molecular flexibility index (Phi) is 10.3. The van der Waals surface area contributed by atoms with Gasteiger partial charge in [0.05, 0.1) is 5.92 Å². The molecule has 0 fully saturated rings. The van der Waals surface area contributed by atoms with E-state index in [1.165, 1.54) is 0 Å². The zero-order valence-electron chi connectivity index (χ0n) is 18.9. The van der Waals surface area contributed by atoms with E-state index in [0.717, 1.165) is 12.8 Å². The molecule has 0 radical (unpaired) electrons. The molecule has 3 atom stereocenters. The van der Waals surface area contributed by atoms with Crippen molar-refractivity contribution in [1.29, 1.82) is 0 Å². The molecular weight excluding hydrogens is 364 g/mol. The summed E-state index contributed by atoms with van der Waals surface area (Å²) in [4.78, 5) is 13.1. The monoisotopic (exact) mass is 406 g/mol. The first-order chi connectivity index (χ1) is 11.9. The Bertz CT molecular complexity index is 414. The fourth-order valence-corrected chi connectivity index (χ4v) is 12.5.